The van der Waals surface area contributed by atoms with Crippen LogP contribution in [0, 0.1) is 5.82 Å². The maximum absolute atomic E-state index is 14.6. The number of carbonyl (C=O) groups excluding carboxylic acids is 1. The molecule has 0 aliphatic heterocycles. The molecule has 0 aliphatic carbocycles. The first-order chi connectivity index (χ1) is 12.1. The molecule has 1 amide bonds. The zero-order valence-corrected chi connectivity index (χ0v) is 13.9. The Bertz CT molecular complexity index is 864. The lowest BCUT2D eigenvalue weighted by molar-refractivity contribution is 0.0932. The van der Waals surface area contributed by atoms with E-state index in [1.54, 1.807) is 18.5 Å². The number of methoxy groups -OCH3 is 1. The van der Waals surface area contributed by atoms with Crippen molar-refractivity contribution in [1.82, 2.24) is 15.5 Å². The van der Waals surface area contributed by atoms with Crippen molar-refractivity contribution in [3.8, 4) is 16.9 Å². The van der Waals surface area contributed by atoms with Gasteiger partial charge in [0, 0.05) is 11.8 Å². The van der Waals surface area contributed by atoms with Gasteiger partial charge in [0.1, 0.15) is 17.1 Å². The van der Waals surface area contributed by atoms with Gasteiger partial charge in [-0.05, 0) is 30.2 Å². The van der Waals surface area contributed by atoms with Crippen molar-refractivity contribution in [1.29, 1.82) is 0 Å². The lowest BCUT2D eigenvalue weighted by Crippen LogP contribution is -2.28. The van der Waals surface area contributed by atoms with Crippen LogP contribution in [0.15, 0.2) is 54.9 Å². The normalized spacial score (nSPS) is 11.8. The van der Waals surface area contributed by atoms with Gasteiger partial charge < -0.3 is 10.1 Å². The summed E-state index contributed by atoms with van der Waals surface area (Å²) < 4.78 is 19.9. The van der Waals surface area contributed by atoms with E-state index in [2.05, 4.69) is 15.5 Å². The average Bonchev–Trinajstić information content (AvgIpc) is 3.16. The molecule has 25 heavy (non-hydrogen) atoms. The third-order valence-electron chi connectivity index (χ3n) is 3.98. The van der Waals surface area contributed by atoms with Crippen LogP contribution < -0.4 is 10.1 Å². The van der Waals surface area contributed by atoms with Crippen LogP contribution >= 0.6 is 0 Å². The van der Waals surface area contributed by atoms with Gasteiger partial charge in [-0.1, -0.05) is 30.3 Å². The minimum atomic E-state index is -0.645. The summed E-state index contributed by atoms with van der Waals surface area (Å²) in [5, 5.41) is 9.33. The number of benzene rings is 2. The maximum atomic E-state index is 14.6. The zero-order valence-electron chi connectivity index (χ0n) is 13.9. The summed E-state index contributed by atoms with van der Waals surface area (Å²) in [4.78, 5) is 12.6. The molecular formula is C19H18FN3O2. The molecule has 0 fully saturated rings. The first-order valence-electron chi connectivity index (χ1n) is 7.82. The highest BCUT2D eigenvalue weighted by Crippen LogP contribution is 2.30. The van der Waals surface area contributed by atoms with Crippen molar-refractivity contribution >= 4 is 5.91 Å². The molecule has 6 heteroatoms. The van der Waals surface area contributed by atoms with Gasteiger partial charge in [-0.3, -0.25) is 9.89 Å². The Balaban J connectivity index is 1.89. The van der Waals surface area contributed by atoms with Gasteiger partial charge in [0.05, 0.1) is 19.3 Å². The summed E-state index contributed by atoms with van der Waals surface area (Å²) in [5.74, 6) is -0.994. The minimum absolute atomic E-state index is 0.113. The predicted molar refractivity (Wildman–Crippen MR) is 92.9 cm³/mol. The van der Waals surface area contributed by atoms with E-state index in [1.807, 2.05) is 37.3 Å². The van der Waals surface area contributed by atoms with Gasteiger partial charge in [-0.2, -0.15) is 5.10 Å². The number of aromatic nitrogens is 2. The van der Waals surface area contributed by atoms with Crippen LogP contribution in [-0.4, -0.2) is 23.2 Å². The summed E-state index contributed by atoms with van der Waals surface area (Å²) >= 11 is 0. The Kier molecular flexibility index (Phi) is 4.79. The minimum Gasteiger partial charge on any atom is -0.496 e. The molecule has 0 spiro atoms. The third-order valence-corrected chi connectivity index (χ3v) is 3.98. The van der Waals surface area contributed by atoms with Crippen molar-refractivity contribution in [3.63, 3.8) is 0 Å². The molecule has 0 bridgehead atoms. The van der Waals surface area contributed by atoms with E-state index < -0.39 is 11.7 Å². The topological polar surface area (TPSA) is 67.0 Å². The number of rotatable bonds is 5. The lowest BCUT2D eigenvalue weighted by atomic mass is 10.0. The molecule has 5 nitrogen and oxygen atoms in total. The van der Waals surface area contributed by atoms with E-state index in [1.165, 1.54) is 13.2 Å². The fourth-order valence-electron chi connectivity index (χ4n) is 2.63. The van der Waals surface area contributed by atoms with Gasteiger partial charge in [0.25, 0.3) is 5.91 Å². The van der Waals surface area contributed by atoms with Crippen molar-refractivity contribution in [2.24, 2.45) is 0 Å². The first kappa shape index (κ1) is 16.7. The number of carbonyl (C=O) groups is 1. The average molecular weight is 339 g/mol. The molecule has 2 N–H and O–H groups in total. The number of halogens is 1. The number of amides is 1. The molecule has 0 radical (unpaired) electrons. The first-order valence-corrected chi connectivity index (χ1v) is 7.82. The highest BCUT2D eigenvalue weighted by atomic mass is 19.1. The van der Waals surface area contributed by atoms with E-state index in [-0.39, 0.29) is 17.4 Å². The molecule has 1 atom stereocenters. The molecule has 1 aromatic heterocycles. The monoisotopic (exact) mass is 339 g/mol. The van der Waals surface area contributed by atoms with Gasteiger partial charge in [-0.15, -0.1) is 0 Å². The summed E-state index contributed by atoms with van der Waals surface area (Å²) in [7, 11) is 1.41. The van der Waals surface area contributed by atoms with Crippen LogP contribution in [0.5, 0.6) is 5.75 Å². The van der Waals surface area contributed by atoms with Crippen LogP contribution in [-0.2, 0) is 0 Å². The Labute approximate surface area is 144 Å². The second kappa shape index (κ2) is 7.17. The SMILES string of the molecule is COc1cc(-c2cn[nH]c2)cc(F)c1C(=O)N[C@H](C)c1ccccc1. The largest absolute Gasteiger partial charge is 0.496 e. The van der Waals surface area contributed by atoms with Gasteiger partial charge >= 0.3 is 0 Å². The Morgan fingerprint density at radius 3 is 2.64 bits per heavy atom. The number of hydrogen-bond donors (Lipinski definition) is 2. The molecule has 3 aromatic rings. The van der Waals surface area contributed by atoms with Crippen LogP contribution in [0.4, 0.5) is 4.39 Å². The van der Waals surface area contributed by atoms with Crippen molar-refractivity contribution in [2.75, 3.05) is 7.11 Å². The van der Waals surface area contributed by atoms with Crippen LogP contribution in [0.25, 0.3) is 11.1 Å². The summed E-state index contributed by atoms with van der Waals surface area (Å²) in [5.41, 5.74) is 2.11. The van der Waals surface area contributed by atoms with E-state index in [0.29, 0.717) is 11.1 Å². The second-order valence-corrected chi connectivity index (χ2v) is 5.63. The fraction of sp³-hybridized carbons (Fsp3) is 0.158. The van der Waals surface area contributed by atoms with Crippen LogP contribution in [0.1, 0.15) is 28.9 Å². The van der Waals surface area contributed by atoms with Gasteiger partial charge in [0.15, 0.2) is 0 Å². The van der Waals surface area contributed by atoms with Crippen LogP contribution in [0.2, 0.25) is 0 Å². The summed E-state index contributed by atoms with van der Waals surface area (Å²) in [6.45, 7) is 1.84. The van der Waals surface area contributed by atoms with Gasteiger partial charge in [0.2, 0.25) is 0 Å². The van der Waals surface area contributed by atoms with E-state index in [9.17, 15) is 9.18 Å². The van der Waals surface area contributed by atoms with Gasteiger partial charge in [-0.25, -0.2) is 4.39 Å². The number of ether oxygens (including phenoxy) is 1. The summed E-state index contributed by atoms with van der Waals surface area (Å²) in [6.07, 6.45) is 3.22. The molecule has 0 saturated carbocycles. The van der Waals surface area contributed by atoms with Crippen LogP contribution in [0.3, 0.4) is 0 Å². The molecular weight excluding hydrogens is 321 g/mol. The van der Waals surface area contributed by atoms with Crippen molar-refractivity contribution < 1.29 is 13.9 Å². The Hall–Kier alpha value is -3.15. The zero-order chi connectivity index (χ0) is 17.8. The molecule has 1 heterocycles. The Morgan fingerprint density at radius 2 is 2.00 bits per heavy atom. The third kappa shape index (κ3) is 3.52. The lowest BCUT2D eigenvalue weighted by Gasteiger charge is -2.16. The predicted octanol–water partition coefficient (Wildman–Crippen LogP) is 3.72. The number of hydrogen-bond acceptors (Lipinski definition) is 3. The quantitative estimate of drug-likeness (QED) is 0.744. The maximum Gasteiger partial charge on any atom is 0.258 e. The molecule has 0 saturated heterocycles. The highest BCUT2D eigenvalue weighted by molar-refractivity contribution is 5.98. The number of nitrogens with zero attached hydrogens (tertiary/aromatic N) is 1. The number of aromatic amines is 1. The standard InChI is InChI=1S/C19H18FN3O2/c1-12(13-6-4-3-5-7-13)23-19(24)18-16(20)8-14(9-17(18)25-2)15-10-21-22-11-15/h3-12H,1-2H3,(H,21,22)(H,23,24)/t12-/m1/s1. The van der Waals surface area contributed by atoms with E-state index >= 15 is 0 Å². The molecule has 0 aliphatic rings. The van der Waals surface area contributed by atoms with E-state index in [4.69, 9.17) is 4.74 Å². The fourth-order valence-corrected chi connectivity index (χ4v) is 2.63. The molecule has 3 rings (SSSR count). The highest BCUT2D eigenvalue weighted by Gasteiger charge is 2.21. The van der Waals surface area contributed by atoms with Crippen molar-refractivity contribution in [3.05, 3.63) is 71.8 Å². The summed E-state index contributed by atoms with van der Waals surface area (Å²) in [6, 6.07) is 12.1. The van der Waals surface area contributed by atoms with E-state index in [0.717, 1.165) is 5.56 Å². The number of H-pyrrole nitrogens is 1. The Morgan fingerprint density at radius 1 is 1.24 bits per heavy atom. The van der Waals surface area contributed by atoms with Crippen molar-refractivity contribution in [2.45, 2.75) is 13.0 Å². The molecule has 2 aromatic carbocycles. The molecule has 0 unspecified atom stereocenters. The molecule has 128 valence electrons. The number of nitrogens with one attached hydrogen (secondary N) is 2. The smallest absolute Gasteiger partial charge is 0.258 e. The second-order valence-electron chi connectivity index (χ2n) is 5.63.